The van der Waals surface area contributed by atoms with Crippen LogP contribution >= 0.6 is 11.8 Å². The molecule has 0 unspecified atom stereocenters. The Bertz CT molecular complexity index is 305. The Balaban J connectivity index is 1.81. The predicted molar refractivity (Wildman–Crippen MR) is 69.1 cm³/mol. The van der Waals surface area contributed by atoms with Gasteiger partial charge in [0.05, 0.1) is 12.3 Å². The molecule has 1 aromatic heterocycles. The molecule has 2 rings (SSSR count). The van der Waals surface area contributed by atoms with Crippen molar-refractivity contribution in [3.63, 3.8) is 0 Å². The van der Waals surface area contributed by atoms with E-state index in [0.29, 0.717) is 0 Å². The van der Waals surface area contributed by atoms with Gasteiger partial charge in [-0.1, -0.05) is 13.3 Å². The summed E-state index contributed by atoms with van der Waals surface area (Å²) < 4.78 is 5.81. The third-order valence-electron chi connectivity index (χ3n) is 2.94. The van der Waals surface area contributed by atoms with Crippen LogP contribution in [0.3, 0.4) is 0 Å². The number of hydrogen-bond donors (Lipinski definition) is 0. The summed E-state index contributed by atoms with van der Waals surface area (Å²) in [6.45, 7) is 5.50. The van der Waals surface area contributed by atoms with Gasteiger partial charge in [-0.15, -0.1) is 11.8 Å². The molecular formula is C13H20NOS. The van der Waals surface area contributed by atoms with Gasteiger partial charge in [-0.05, 0) is 38.1 Å². The van der Waals surface area contributed by atoms with Crippen LogP contribution in [0.4, 0.5) is 0 Å². The maximum atomic E-state index is 5.81. The molecule has 0 aliphatic carbocycles. The normalized spacial score (nSPS) is 17.8. The average Bonchev–Trinajstić information content (AvgIpc) is 2.75. The topological polar surface area (TPSA) is 16.4 Å². The lowest BCUT2D eigenvalue weighted by Gasteiger charge is -2.25. The molecule has 16 heavy (non-hydrogen) atoms. The molecule has 0 spiro atoms. The quantitative estimate of drug-likeness (QED) is 0.778. The first kappa shape index (κ1) is 12.1. The van der Waals surface area contributed by atoms with Crippen LogP contribution < -0.4 is 0 Å². The third kappa shape index (κ3) is 3.56. The second kappa shape index (κ2) is 6.36. The van der Waals surface area contributed by atoms with E-state index >= 15 is 0 Å². The van der Waals surface area contributed by atoms with Crippen LogP contribution in [0, 0.1) is 5.75 Å². The number of piperidine rings is 1. The van der Waals surface area contributed by atoms with Gasteiger partial charge < -0.3 is 4.42 Å². The number of rotatable bonds is 5. The van der Waals surface area contributed by atoms with Gasteiger partial charge in [-0.2, -0.15) is 0 Å². The molecule has 1 aliphatic heterocycles. The van der Waals surface area contributed by atoms with Crippen molar-refractivity contribution in [2.75, 3.05) is 13.1 Å². The number of furan rings is 1. The first-order valence-electron chi connectivity index (χ1n) is 6.08. The monoisotopic (exact) mass is 238 g/mol. The van der Waals surface area contributed by atoms with Gasteiger partial charge in [0, 0.05) is 5.75 Å². The summed E-state index contributed by atoms with van der Waals surface area (Å²) in [7, 11) is 0. The maximum Gasteiger partial charge on any atom is 0.118 e. The Hall–Kier alpha value is -0.410. The van der Waals surface area contributed by atoms with Gasteiger partial charge in [0.15, 0.2) is 0 Å². The van der Waals surface area contributed by atoms with Crippen molar-refractivity contribution in [2.24, 2.45) is 0 Å². The molecule has 1 aromatic rings. The fraction of sp³-hybridized carbons (Fsp3) is 0.615. The van der Waals surface area contributed by atoms with Crippen LogP contribution in [0.15, 0.2) is 16.5 Å². The van der Waals surface area contributed by atoms with Crippen molar-refractivity contribution in [1.29, 1.82) is 0 Å². The molecule has 2 heterocycles. The Kier molecular flexibility index (Phi) is 4.79. The van der Waals surface area contributed by atoms with Gasteiger partial charge in [-0.25, -0.2) is 0 Å². The van der Waals surface area contributed by atoms with E-state index in [-0.39, 0.29) is 0 Å². The Morgan fingerprint density at radius 3 is 2.75 bits per heavy atom. The first-order chi connectivity index (χ1) is 7.88. The molecule has 1 saturated heterocycles. The van der Waals surface area contributed by atoms with Crippen LogP contribution in [-0.2, 0) is 12.3 Å². The number of thioether (sulfide) groups is 1. The molecule has 2 nitrogen and oxygen atoms in total. The van der Waals surface area contributed by atoms with Crippen molar-refractivity contribution in [2.45, 2.75) is 38.5 Å². The van der Waals surface area contributed by atoms with Crippen LogP contribution in [0.5, 0.6) is 0 Å². The fourth-order valence-electron chi connectivity index (χ4n) is 2.09. The smallest absolute Gasteiger partial charge is 0.118 e. The SMILES string of the molecule is C[CH]SCc1ccc(CN2CCCCC2)o1. The van der Waals surface area contributed by atoms with Crippen LogP contribution in [0.1, 0.15) is 37.7 Å². The summed E-state index contributed by atoms with van der Waals surface area (Å²) in [4.78, 5) is 2.49. The zero-order chi connectivity index (χ0) is 11.2. The van der Waals surface area contributed by atoms with Crippen LogP contribution in [-0.4, -0.2) is 18.0 Å². The molecule has 0 amide bonds. The van der Waals surface area contributed by atoms with Crippen molar-refractivity contribution in [3.05, 3.63) is 29.4 Å². The highest BCUT2D eigenvalue weighted by molar-refractivity contribution is 8.00. The van der Waals surface area contributed by atoms with E-state index in [2.05, 4.69) is 29.7 Å². The number of likely N-dealkylation sites (tertiary alicyclic amines) is 1. The Labute approximate surface area is 102 Å². The zero-order valence-corrected chi connectivity index (χ0v) is 10.8. The average molecular weight is 238 g/mol. The minimum Gasteiger partial charge on any atom is -0.464 e. The molecule has 1 aliphatic rings. The number of hydrogen-bond acceptors (Lipinski definition) is 3. The van der Waals surface area contributed by atoms with E-state index < -0.39 is 0 Å². The Morgan fingerprint density at radius 2 is 2.00 bits per heavy atom. The minimum atomic E-state index is 0.955. The highest BCUT2D eigenvalue weighted by Crippen LogP contribution is 2.19. The fourth-order valence-corrected chi connectivity index (χ4v) is 2.57. The van der Waals surface area contributed by atoms with Gasteiger partial charge in [0.2, 0.25) is 0 Å². The number of nitrogens with zero attached hydrogens (tertiary/aromatic N) is 1. The molecule has 89 valence electrons. The third-order valence-corrected chi connectivity index (χ3v) is 3.72. The zero-order valence-electron chi connectivity index (χ0n) is 9.95. The largest absolute Gasteiger partial charge is 0.464 e. The lowest BCUT2D eigenvalue weighted by molar-refractivity contribution is 0.204. The van der Waals surface area contributed by atoms with Crippen molar-refractivity contribution in [1.82, 2.24) is 4.90 Å². The molecule has 1 radical (unpaired) electrons. The van der Waals surface area contributed by atoms with Crippen LogP contribution in [0.2, 0.25) is 0 Å². The van der Waals surface area contributed by atoms with Crippen molar-refractivity contribution in [3.8, 4) is 0 Å². The second-order valence-corrected chi connectivity index (χ2v) is 5.34. The summed E-state index contributed by atoms with van der Waals surface area (Å²) in [6, 6.07) is 4.23. The van der Waals surface area contributed by atoms with Crippen LogP contribution in [0.25, 0.3) is 0 Å². The van der Waals surface area contributed by atoms with Crippen molar-refractivity contribution >= 4 is 11.8 Å². The van der Waals surface area contributed by atoms with E-state index in [1.54, 1.807) is 11.8 Å². The minimum absolute atomic E-state index is 0.955. The molecule has 0 bridgehead atoms. The molecule has 0 aromatic carbocycles. The highest BCUT2D eigenvalue weighted by Gasteiger charge is 2.12. The van der Waals surface area contributed by atoms with Gasteiger partial charge >= 0.3 is 0 Å². The first-order valence-corrected chi connectivity index (χ1v) is 7.13. The Morgan fingerprint density at radius 1 is 1.25 bits per heavy atom. The lowest BCUT2D eigenvalue weighted by atomic mass is 10.1. The van der Waals surface area contributed by atoms with E-state index in [1.165, 1.54) is 32.4 Å². The van der Waals surface area contributed by atoms with E-state index in [9.17, 15) is 0 Å². The van der Waals surface area contributed by atoms with Gasteiger partial charge in [0.1, 0.15) is 11.5 Å². The molecule has 0 saturated carbocycles. The van der Waals surface area contributed by atoms with E-state index in [4.69, 9.17) is 4.42 Å². The second-order valence-electron chi connectivity index (χ2n) is 4.25. The highest BCUT2D eigenvalue weighted by atomic mass is 32.2. The summed E-state index contributed by atoms with van der Waals surface area (Å²) >= 11 is 1.79. The molecule has 0 N–H and O–H groups in total. The molecule has 3 heteroatoms. The standard InChI is InChI=1S/C13H20NOS/c1-2-16-11-13-7-6-12(15-13)10-14-8-4-3-5-9-14/h2,6-7H,3-5,8-11H2,1H3. The van der Waals surface area contributed by atoms with E-state index in [1.807, 2.05) is 0 Å². The summed E-state index contributed by atoms with van der Waals surface area (Å²) in [5, 5.41) is 0. The molecule has 1 fully saturated rings. The molecule has 0 atom stereocenters. The lowest BCUT2D eigenvalue weighted by Crippen LogP contribution is -2.28. The summed E-state index contributed by atoms with van der Waals surface area (Å²) in [5.74, 6) is 5.27. The van der Waals surface area contributed by atoms with Gasteiger partial charge in [-0.3, -0.25) is 4.90 Å². The van der Waals surface area contributed by atoms with E-state index in [0.717, 1.165) is 23.8 Å². The summed E-state index contributed by atoms with van der Waals surface area (Å²) in [6.07, 6.45) is 4.07. The predicted octanol–water partition coefficient (Wildman–Crippen LogP) is 3.68. The maximum absolute atomic E-state index is 5.81. The van der Waals surface area contributed by atoms with Gasteiger partial charge in [0.25, 0.3) is 0 Å². The summed E-state index contributed by atoms with van der Waals surface area (Å²) in [5.41, 5.74) is 0. The molecular weight excluding hydrogens is 218 g/mol. The van der Waals surface area contributed by atoms with Crippen molar-refractivity contribution < 1.29 is 4.42 Å².